The Morgan fingerprint density at radius 2 is 1.95 bits per heavy atom. The van der Waals surface area contributed by atoms with Gasteiger partial charge in [0.25, 0.3) is 0 Å². The number of nitrogens with zero attached hydrogens (tertiary/aromatic N) is 3. The summed E-state index contributed by atoms with van der Waals surface area (Å²) in [5, 5.41) is 14.4. The summed E-state index contributed by atoms with van der Waals surface area (Å²) in [6, 6.07) is -1.02. The Labute approximate surface area is 122 Å². The highest BCUT2D eigenvalue weighted by atomic mass is 16.5. The monoisotopic (exact) mass is 303 g/mol. The third-order valence-corrected chi connectivity index (χ3v) is 2.34. The van der Waals surface area contributed by atoms with Crippen LogP contribution in [0.3, 0.4) is 0 Å². The van der Waals surface area contributed by atoms with Crippen LogP contribution in [0.5, 0.6) is 0 Å². The van der Waals surface area contributed by atoms with E-state index in [1.807, 2.05) is 0 Å². The summed E-state index contributed by atoms with van der Waals surface area (Å²) in [7, 11) is 0. The third-order valence-electron chi connectivity index (χ3n) is 2.34. The summed E-state index contributed by atoms with van der Waals surface area (Å²) in [4.78, 5) is 24.3. The minimum absolute atomic E-state index is 0.0655. The second-order valence-electron chi connectivity index (χ2n) is 4.01. The van der Waals surface area contributed by atoms with Gasteiger partial charge in [-0.15, -0.1) is 0 Å². The van der Waals surface area contributed by atoms with Gasteiger partial charge in [-0.1, -0.05) is 5.11 Å². The van der Waals surface area contributed by atoms with Crippen LogP contribution in [-0.4, -0.2) is 62.5 Å². The average molecular weight is 303 g/mol. The molecule has 10 heteroatoms. The zero-order valence-corrected chi connectivity index (χ0v) is 11.7. The average Bonchev–Trinajstić information content (AvgIpc) is 2.46. The molecule has 21 heavy (non-hydrogen) atoms. The molecule has 0 aliphatic rings. The quantitative estimate of drug-likeness (QED) is 0.182. The van der Waals surface area contributed by atoms with Gasteiger partial charge >= 0.3 is 5.97 Å². The lowest BCUT2D eigenvalue weighted by molar-refractivity contribution is -0.138. The van der Waals surface area contributed by atoms with Crippen LogP contribution in [0.4, 0.5) is 0 Å². The predicted octanol–water partition coefficient (Wildman–Crippen LogP) is -0.362. The van der Waals surface area contributed by atoms with Crippen molar-refractivity contribution in [1.82, 2.24) is 5.32 Å². The van der Waals surface area contributed by atoms with E-state index in [0.717, 1.165) is 0 Å². The number of carboxylic acids is 1. The van der Waals surface area contributed by atoms with Crippen molar-refractivity contribution in [3.63, 3.8) is 0 Å². The summed E-state index contributed by atoms with van der Waals surface area (Å²) in [5.41, 5.74) is 13.3. The molecule has 0 spiro atoms. The van der Waals surface area contributed by atoms with Gasteiger partial charge in [0.05, 0.1) is 26.4 Å². The van der Waals surface area contributed by atoms with Crippen molar-refractivity contribution in [3.8, 4) is 0 Å². The number of ether oxygens (including phenoxy) is 2. The molecule has 0 unspecified atom stereocenters. The van der Waals surface area contributed by atoms with E-state index in [2.05, 4.69) is 15.3 Å². The third kappa shape index (κ3) is 12.9. The maximum absolute atomic E-state index is 11.3. The largest absolute Gasteiger partial charge is 0.480 e. The molecule has 0 aromatic rings. The highest BCUT2D eigenvalue weighted by Crippen LogP contribution is 1.94. The van der Waals surface area contributed by atoms with Crippen LogP contribution in [0.15, 0.2) is 5.11 Å². The Balaban J connectivity index is 3.32. The maximum atomic E-state index is 11.3. The molecule has 0 heterocycles. The zero-order chi connectivity index (χ0) is 15.9. The summed E-state index contributed by atoms with van der Waals surface area (Å²) >= 11 is 0. The molecule has 0 bridgehead atoms. The smallest absolute Gasteiger partial charge is 0.320 e. The highest BCUT2D eigenvalue weighted by molar-refractivity contribution is 5.78. The first kappa shape index (κ1) is 19.1. The van der Waals surface area contributed by atoms with Crippen molar-refractivity contribution in [3.05, 3.63) is 10.4 Å². The lowest BCUT2D eigenvalue weighted by Gasteiger charge is -2.08. The molecular weight excluding hydrogens is 282 g/mol. The molecule has 4 N–H and O–H groups in total. The number of hydrogen-bond acceptors (Lipinski definition) is 6. The van der Waals surface area contributed by atoms with Gasteiger partial charge in [0.1, 0.15) is 6.04 Å². The molecule has 0 aromatic carbocycles. The highest BCUT2D eigenvalue weighted by Gasteiger charge is 2.12. The molecule has 10 nitrogen and oxygen atoms in total. The fourth-order valence-corrected chi connectivity index (χ4v) is 1.23. The van der Waals surface area contributed by atoms with Crippen LogP contribution in [0.2, 0.25) is 0 Å². The number of carboxylic acid groups (broad SMARTS) is 1. The minimum Gasteiger partial charge on any atom is -0.480 e. The van der Waals surface area contributed by atoms with Crippen molar-refractivity contribution in [2.24, 2.45) is 10.8 Å². The second-order valence-corrected chi connectivity index (χ2v) is 4.01. The summed E-state index contributed by atoms with van der Waals surface area (Å²) in [6.07, 6.45) is 0.164. The van der Waals surface area contributed by atoms with E-state index in [0.29, 0.717) is 33.0 Å². The van der Waals surface area contributed by atoms with Gasteiger partial charge in [0.15, 0.2) is 0 Å². The molecule has 0 saturated heterocycles. The Hall–Kier alpha value is -1.87. The standard InChI is InChI=1S/C11H21N5O5/c12-9(11(18)19)1-2-10(17)14-3-5-20-7-8-21-6-4-15-16-13/h9H,1-8,12H2,(H,14,17)(H,18,19)/t9-/m0/s1. The van der Waals surface area contributed by atoms with Gasteiger partial charge in [-0.3, -0.25) is 9.59 Å². The molecule has 0 radical (unpaired) electrons. The number of rotatable bonds is 13. The second kappa shape index (κ2) is 13.1. The molecule has 0 rings (SSSR count). The maximum Gasteiger partial charge on any atom is 0.320 e. The van der Waals surface area contributed by atoms with Gasteiger partial charge in [0.2, 0.25) is 5.91 Å². The van der Waals surface area contributed by atoms with Crippen LogP contribution in [0.1, 0.15) is 12.8 Å². The van der Waals surface area contributed by atoms with E-state index in [1.54, 1.807) is 0 Å². The Morgan fingerprint density at radius 1 is 1.29 bits per heavy atom. The normalized spacial score (nSPS) is 11.5. The van der Waals surface area contributed by atoms with Crippen molar-refractivity contribution in [2.45, 2.75) is 18.9 Å². The van der Waals surface area contributed by atoms with Gasteiger partial charge in [-0.25, -0.2) is 0 Å². The van der Waals surface area contributed by atoms with Crippen molar-refractivity contribution in [1.29, 1.82) is 0 Å². The van der Waals surface area contributed by atoms with E-state index >= 15 is 0 Å². The van der Waals surface area contributed by atoms with Crippen LogP contribution >= 0.6 is 0 Å². The fourth-order valence-electron chi connectivity index (χ4n) is 1.23. The van der Waals surface area contributed by atoms with Crippen LogP contribution in [-0.2, 0) is 19.1 Å². The Morgan fingerprint density at radius 3 is 2.57 bits per heavy atom. The van der Waals surface area contributed by atoms with Gasteiger partial charge in [0, 0.05) is 24.4 Å². The first-order valence-corrected chi connectivity index (χ1v) is 6.49. The molecule has 0 aliphatic heterocycles. The SMILES string of the molecule is [N-]=[N+]=NCCOCCOCCNC(=O)CC[C@H](N)C(=O)O. The molecular formula is C11H21N5O5. The van der Waals surface area contributed by atoms with Gasteiger partial charge in [-0.2, -0.15) is 0 Å². The predicted molar refractivity (Wildman–Crippen MR) is 73.5 cm³/mol. The number of carbonyl (C=O) groups is 2. The van der Waals surface area contributed by atoms with Crippen molar-refractivity contribution < 1.29 is 24.2 Å². The molecule has 0 aliphatic carbocycles. The summed E-state index contributed by atoms with van der Waals surface area (Å²) in [6.45, 7) is 2.04. The Bertz CT molecular complexity index is 359. The van der Waals surface area contributed by atoms with Crippen LogP contribution in [0, 0.1) is 0 Å². The van der Waals surface area contributed by atoms with Crippen molar-refractivity contribution in [2.75, 3.05) is 39.5 Å². The molecule has 0 fully saturated rings. The lowest BCUT2D eigenvalue weighted by atomic mass is 10.1. The van der Waals surface area contributed by atoms with E-state index in [-0.39, 0.29) is 25.3 Å². The van der Waals surface area contributed by atoms with E-state index in [1.165, 1.54) is 0 Å². The number of aliphatic carboxylic acids is 1. The van der Waals surface area contributed by atoms with Crippen LogP contribution < -0.4 is 11.1 Å². The number of azide groups is 1. The van der Waals surface area contributed by atoms with Gasteiger partial charge in [-0.05, 0) is 12.0 Å². The first-order valence-electron chi connectivity index (χ1n) is 6.49. The first-order chi connectivity index (χ1) is 10.1. The number of carbonyl (C=O) groups excluding carboxylic acids is 1. The lowest BCUT2D eigenvalue weighted by Crippen LogP contribution is -2.33. The van der Waals surface area contributed by atoms with E-state index < -0.39 is 12.0 Å². The van der Waals surface area contributed by atoms with E-state index in [4.69, 9.17) is 25.8 Å². The number of nitrogens with two attached hydrogens (primary N) is 1. The molecule has 0 aromatic heterocycles. The molecule has 120 valence electrons. The number of amides is 1. The Kier molecular flexibility index (Phi) is 12.0. The molecule has 0 saturated carbocycles. The molecule has 1 amide bonds. The summed E-state index contributed by atoms with van der Waals surface area (Å²) in [5.74, 6) is -1.38. The fraction of sp³-hybridized carbons (Fsp3) is 0.818. The zero-order valence-electron chi connectivity index (χ0n) is 11.7. The minimum atomic E-state index is -1.12. The number of hydrogen-bond donors (Lipinski definition) is 3. The summed E-state index contributed by atoms with van der Waals surface area (Å²) < 4.78 is 10.3. The number of nitrogens with one attached hydrogen (secondary N) is 1. The topological polar surface area (TPSA) is 160 Å². The van der Waals surface area contributed by atoms with Gasteiger partial charge < -0.3 is 25.6 Å². The van der Waals surface area contributed by atoms with E-state index in [9.17, 15) is 9.59 Å². The molecule has 1 atom stereocenters. The van der Waals surface area contributed by atoms with Crippen LogP contribution in [0.25, 0.3) is 10.4 Å². The van der Waals surface area contributed by atoms with Crippen molar-refractivity contribution >= 4 is 11.9 Å².